The smallest absolute Gasteiger partial charge is 0.137 e. The van der Waals surface area contributed by atoms with E-state index in [1.54, 1.807) is 20.5 Å². The van der Waals surface area contributed by atoms with Gasteiger partial charge in [-0.3, -0.25) is 0 Å². The Bertz CT molecular complexity index is 441. The van der Waals surface area contributed by atoms with Crippen LogP contribution in [0.1, 0.15) is 25.3 Å². The maximum absolute atomic E-state index is 5.50. The number of anilines is 2. The number of ether oxygens (including phenoxy) is 2. The summed E-state index contributed by atoms with van der Waals surface area (Å²) in [5, 5.41) is 3.15. The van der Waals surface area contributed by atoms with Gasteiger partial charge in [0, 0.05) is 39.9 Å². The average molecular weight is 280 g/mol. The SMILES string of the molecule is CNc1ncnc(N2CC(OC)C(OC)C2)c1C(C)C. The highest BCUT2D eigenvalue weighted by atomic mass is 16.5. The molecular formula is C14H24N4O2. The quantitative estimate of drug-likeness (QED) is 0.882. The molecule has 0 amide bonds. The molecule has 1 saturated heterocycles. The molecule has 0 radical (unpaired) electrons. The number of hydrogen-bond acceptors (Lipinski definition) is 6. The fraction of sp³-hybridized carbons (Fsp3) is 0.714. The summed E-state index contributed by atoms with van der Waals surface area (Å²) >= 11 is 0. The molecule has 1 aliphatic rings. The van der Waals surface area contributed by atoms with Crippen molar-refractivity contribution in [2.75, 3.05) is 44.6 Å². The minimum Gasteiger partial charge on any atom is -0.377 e. The number of nitrogens with one attached hydrogen (secondary N) is 1. The third-order valence-corrected chi connectivity index (χ3v) is 3.80. The highest BCUT2D eigenvalue weighted by Crippen LogP contribution is 2.33. The predicted octanol–water partition coefficient (Wildman–Crippen LogP) is 1.49. The molecule has 0 saturated carbocycles. The molecule has 6 heteroatoms. The maximum atomic E-state index is 5.50. The van der Waals surface area contributed by atoms with Crippen molar-refractivity contribution in [1.29, 1.82) is 0 Å². The van der Waals surface area contributed by atoms with Crippen molar-refractivity contribution in [3.63, 3.8) is 0 Å². The topological polar surface area (TPSA) is 59.5 Å². The molecule has 6 nitrogen and oxygen atoms in total. The zero-order valence-electron chi connectivity index (χ0n) is 12.9. The summed E-state index contributed by atoms with van der Waals surface area (Å²) in [6.45, 7) is 5.88. The molecule has 0 bridgehead atoms. The Morgan fingerprint density at radius 1 is 1.20 bits per heavy atom. The Labute approximate surface area is 120 Å². The zero-order chi connectivity index (χ0) is 14.7. The third-order valence-electron chi connectivity index (χ3n) is 3.80. The Morgan fingerprint density at radius 3 is 2.25 bits per heavy atom. The average Bonchev–Trinajstić information content (AvgIpc) is 2.89. The lowest BCUT2D eigenvalue weighted by Gasteiger charge is -2.23. The van der Waals surface area contributed by atoms with E-state index in [1.165, 1.54) is 0 Å². The summed E-state index contributed by atoms with van der Waals surface area (Å²) in [6.07, 6.45) is 1.76. The monoisotopic (exact) mass is 280 g/mol. The van der Waals surface area contributed by atoms with Gasteiger partial charge in [-0.1, -0.05) is 13.8 Å². The van der Waals surface area contributed by atoms with Crippen LogP contribution in [0.5, 0.6) is 0 Å². The van der Waals surface area contributed by atoms with E-state index in [-0.39, 0.29) is 12.2 Å². The number of aromatic nitrogens is 2. The normalized spacial score (nSPS) is 22.6. The lowest BCUT2D eigenvalue weighted by atomic mass is 10.0. The molecule has 1 fully saturated rings. The molecule has 0 aliphatic carbocycles. The van der Waals surface area contributed by atoms with Crippen molar-refractivity contribution in [2.45, 2.75) is 32.0 Å². The van der Waals surface area contributed by atoms with Crippen molar-refractivity contribution in [2.24, 2.45) is 0 Å². The van der Waals surface area contributed by atoms with Gasteiger partial charge >= 0.3 is 0 Å². The second kappa shape index (κ2) is 6.37. The molecule has 0 spiro atoms. The van der Waals surface area contributed by atoms with E-state index in [2.05, 4.69) is 34.0 Å². The van der Waals surface area contributed by atoms with Crippen LogP contribution in [0.4, 0.5) is 11.6 Å². The van der Waals surface area contributed by atoms with E-state index in [0.29, 0.717) is 5.92 Å². The van der Waals surface area contributed by atoms with Gasteiger partial charge in [-0.15, -0.1) is 0 Å². The van der Waals surface area contributed by atoms with E-state index < -0.39 is 0 Å². The second-order valence-corrected chi connectivity index (χ2v) is 5.32. The lowest BCUT2D eigenvalue weighted by molar-refractivity contribution is -0.00461. The van der Waals surface area contributed by atoms with Crippen molar-refractivity contribution in [3.8, 4) is 0 Å². The standard InChI is InChI=1S/C14H24N4O2/c1-9(2)12-13(15-3)16-8-17-14(12)18-6-10(19-4)11(7-18)20-5/h8-11H,6-7H2,1-5H3,(H,15,16,17). The number of rotatable bonds is 5. The van der Waals surface area contributed by atoms with Gasteiger partial charge < -0.3 is 19.7 Å². The van der Waals surface area contributed by atoms with Crippen LogP contribution in [-0.4, -0.2) is 56.5 Å². The molecular weight excluding hydrogens is 256 g/mol. The summed E-state index contributed by atoms with van der Waals surface area (Å²) < 4.78 is 11.0. The molecule has 0 aromatic carbocycles. The number of nitrogens with zero attached hydrogens (tertiary/aromatic N) is 3. The van der Waals surface area contributed by atoms with Crippen molar-refractivity contribution in [1.82, 2.24) is 9.97 Å². The van der Waals surface area contributed by atoms with E-state index in [0.717, 1.165) is 30.3 Å². The number of hydrogen-bond donors (Lipinski definition) is 1. The van der Waals surface area contributed by atoms with E-state index in [1.807, 2.05) is 7.05 Å². The van der Waals surface area contributed by atoms with Gasteiger partial charge in [-0.2, -0.15) is 0 Å². The van der Waals surface area contributed by atoms with E-state index in [4.69, 9.17) is 9.47 Å². The molecule has 112 valence electrons. The van der Waals surface area contributed by atoms with Crippen LogP contribution in [0, 0.1) is 0 Å². The van der Waals surface area contributed by atoms with Crippen molar-refractivity contribution >= 4 is 11.6 Å². The highest BCUT2D eigenvalue weighted by molar-refractivity contribution is 5.60. The summed E-state index contributed by atoms with van der Waals surface area (Å²) in [7, 11) is 5.34. The fourth-order valence-corrected chi connectivity index (χ4v) is 2.74. The molecule has 1 aromatic heterocycles. The summed E-state index contributed by atoms with van der Waals surface area (Å²) in [5.41, 5.74) is 1.14. The first-order valence-corrected chi connectivity index (χ1v) is 6.95. The Morgan fingerprint density at radius 2 is 1.80 bits per heavy atom. The van der Waals surface area contributed by atoms with E-state index >= 15 is 0 Å². The van der Waals surface area contributed by atoms with Crippen LogP contribution in [0.15, 0.2) is 6.33 Å². The van der Waals surface area contributed by atoms with Gasteiger partial charge in [0.1, 0.15) is 30.2 Å². The Balaban J connectivity index is 2.34. The molecule has 1 aliphatic heterocycles. The molecule has 2 heterocycles. The summed E-state index contributed by atoms with van der Waals surface area (Å²) in [6, 6.07) is 0. The van der Waals surface area contributed by atoms with Gasteiger partial charge in [0.2, 0.25) is 0 Å². The minimum absolute atomic E-state index is 0.0769. The van der Waals surface area contributed by atoms with Crippen LogP contribution < -0.4 is 10.2 Å². The molecule has 1 aromatic rings. The highest BCUT2D eigenvalue weighted by Gasteiger charge is 2.35. The molecule has 1 N–H and O–H groups in total. The van der Waals surface area contributed by atoms with Crippen molar-refractivity contribution < 1.29 is 9.47 Å². The van der Waals surface area contributed by atoms with Gasteiger partial charge in [0.05, 0.1) is 0 Å². The second-order valence-electron chi connectivity index (χ2n) is 5.32. The Hall–Kier alpha value is -1.40. The fourth-order valence-electron chi connectivity index (χ4n) is 2.74. The minimum atomic E-state index is 0.0769. The molecule has 20 heavy (non-hydrogen) atoms. The molecule has 2 atom stereocenters. The van der Waals surface area contributed by atoms with E-state index in [9.17, 15) is 0 Å². The molecule has 2 rings (SSSR count). The van der Waals surface area contributed by atoms with Gasteiger partial charge in [0.25, 0.3) is 0 Å². The first-order chi connectivity index (χ1) is 9.62. The van der Waals surface area contributed by atoms with Gasteiger partial charge in [-0.25, -0.2) is 9.97 Å². The first kappa shape index (κ1) is 15.0. The van der Waals surface area contributed by atoms with Crippen LogP contribution in [-0.2, 0) is 9.47 Å². The third kappa shape index (κ3) is 2.71. The zero-order valence-corrected chi connectivity index (χ0v) is 12.9. The molecule has 2 unspecified atom stereocenters. The van der Waals surface area contributed by atoms with Crippen molar-refractivity contribution in [3.05, 3.63) is 11.9 Å². The first-order valence-electron chi connectivity index (χ1n) is 6.95. The lowest BCUT2D eigenvalue weighted by Crippen LogP contribution is -2.27. The summed E-state index contributed by atoms with van der Waals surface area (Å²) in [5.74, 6) is 2.21. The van der Waals surface area contributed by atoms with Crippen LogP contribution in [0.25, 0.3) is 0 Å². The van der Waals surface area contributed by atoms with Crippen LogP contribution >= 0.6 is 0 Å². The summed E-state index contributed by atoms with van der Waals surface area (Å²) in [4.78, 5) is 11.0. The Kier molecular flexibility index (Phi) is 4.77. The van der Waals surface area contributed by atoms with Crippen LogP contribution in [0.2, 0.25) is 0 Å². The number of methoxy groups -OCH3 is 2. The van der Waals surface area contributed by atoms with Gasteiger partial charge in [-0.05, 0) is 5.92 Å². The maximum Gasteiger partial charge on any atom is 0.137 e. The van der Waals surface area contributed by atoms with Crippen LogP contribution in [0.3, 0.4) is 0 Å². The van der Waals surface area contributed by atoms with Gasteiger partial charge in [0.15, 0.2) is 0 Å². The largest absolute Gasteiger partial charge is 0.377 e. The predicted molar refractivity (Wildman–Crippen MR) is 79.5 cm³/mol.